The molecule has 0 fully saturated rings. The molecular formula is C15H20N2O2. The molecule has 0 bridgehead atoms. The van der Waals surface area contributed by atoms with Crippen LogP contribution in [0.2, 0.25) is 0 Å². The monoisotopic (exact) mass is 260 g/mol. The first kappa shape index (κ1) is 13.6. The molecule has 0 amide bonds. The summed E-state index contributed by atoms with van der Waals surface area (Å²) in [5.74, 6) is 0.639. The van der Waals surface area contributed by atoms with E-state index in [2.05, 4.69) is 25.8 Å². The normalized spacial score (nSPS) is 11.8. The molecule has 19 heavy (non-hydrogen) atoms. The molecule has 4 nitrogen and oxygen atoms in total. The minimum atomic E-state index is -0.0637. The first-order chi connectivity index (χ1) is 8.86. The standard InChI is InChI=1S/C15H20N2O2/c1-6-11-8-13(18)17-9-10(15(2,3)4)7-12(19-5)14(17)16-11/h7-9H,6H2,1-5H3. The average Bonchev–Trinajstić information content (AvgIpc) is 2.36. The van der Waals surface area contributed by atoms with E-state index in [1.807, 2.05) is 19.2 Å². The van der Waals surface area contributed by atoms with Crippen molar-refractivity contribution in [2.75, 3.05) is 7.11 Å². The number of aromatic nitrogens is 2. The average molecular weight is 260 g/mol. The van der Waals surface area contributed by atoms with Crippen LogP contribution in [-0.4, -0.2) is 16.5 Å². The number of pyridine rings is 1. The number of methoxy groups -OCH3 is 1. The molecule has 2 rings (SSSR count). The Morgan fingerprint density at radius 1 is 1.32 bits per heavy atom. The first-order valence-electron chi connectivity index (χ1n) is 6.47. The lowest BCUT2D eigenvalue weighted by Crippen LogP contribution is -2.20. The van der Waals surface area contributed by atoms with Gasteiger partial charge in [-0.1, -0.05) is 27.7 Å². The van der Waals surface area contributed by atoms with Gasteiger partial charge < -0.3 is 4.74 Å². The van der Waals surface area contributed by atoms with Crippen LogP contribution in [0.4, 0.5) is 0 Å². The highest BCUT2D eigenvalue weighted by atomic mass is 16.5. The molecule has 2 heterocycles. The second-order valence-corrected chi connectivity index (χ2v) is 5.68. The number of fused-ring (bicyclic) bond motifs is 1. The zero-order valence-corrected chi connectivity index (χ0v) is 12.2. The summed E-state index contributed by atoms with van der Waals surface area (Å²) in [6.45, 7) is 8.29. The lowest BCUT2D eigenvalue weighted by Gasteiger charge is -2.20. The number of nitrogens with zero attached hydrogens (tertiary/aromatic N) is 2. The molecule has 0 N–H and O–H groups in total. The van der Waals surface area contributed by atoms with Crippen molar-refractivity contribution in [2.24, 2.45) is 0 Å². The van der Waals surface area contributed by atoms with Gasteiger partial charge in [-0.25, -0.2) is 4.98 Å². The van der Waals surface area contributed by atoms with Crippen LogP contribution in [0.15, 0.2) is 23.1 Å². The molecule has 0 aliphatic rings. The second kappa shape index (κ2) is 4.68. The lowest BCUT2D eigenvalue weighted by molar-refractivity contribution is 0.413. The SMILES string of the molecule is CCc1cc(=O)n2cc(C(C)(C)C)cc(OC)c2n1. The first-order valence-corrected chi connectivity index (χ1v) is 6.47. The van der Waals surface area contributed by atoms with Gasteiger partial charge in [-0.05, 0) is 23.5 Å². The Morgan fingerprint density at radius 3 is 2.53 bits per heavy atom. The number of aryl methyl sites for hydroxylation is 1. The maximum Gasteiger partial charge on any atom is 0.258 e. The van der Waals surface area contributed by atoms with E-state index in [9.17, 15) is 4.79 Å². The molecule has 0 saturated heterocycles. The van der Waals surface area contributed by atoms with E-state index in [4.69, 9.17) is 4.74 Å². The molecule has 4 heteroatoms. The zero-order valence-electron chi connectivity index (χ0n) is 12.2. The van der Waals surface area contributed by atoms with Gasteiger partial charge in [0.15, 0.2) is 11.4 Å². The van der Waals surface area contributed by atoms with Crippen LogP contribution in [0.5, 0.6) is 5.75 Å². The fraction of sp³-hybridized carbons (Fsp3) is 0.467. The summed E-state index contributed by atoms with van der Waals surface area (Å²) in [5, 5.41) is 0. The molecule has 0 aliphatic carbocycles. The van der Waals surface area contributed by atoms with E-state index in [1.54, 1.807) is 17.6 Å². The number of hydrogen-bond acceptors (Lipinski definition) is 3. The molecule has 0 saturated carbocycles. The molecule has 2 aromatic heterocycles. The van der Waals surface area contributed by atoms with Crippen molar-refractivity contribution in [3.05, 3.63) is 39.9 Å². The van der Waals surface area contributed by atoms with Crippen LogP contribution in [0.1, 0.15) is 39.0 Å². The fourth-order valence-corrected chi connectivity index (χ4v) is 1.96. The lowest BCUT2D eigenvalue weighted by atomic mass is 9.88. The molecule has 0 spiro atoms. The van der Waals surface area contributed by atoms with E-state index in [1.165, 1.54) is 0 Å². The summed E-state index contributed by atoms with van der Waals surface area (Å²) in [6.07, 6.45) is 2.59. The van der Waals surface area contributed by atoms with Crippen LogP contribution in [0, 0.1) is 0 Å². The van der Waals surface area contributed by atoms with E-state index in [-0.39, 0.29) is 11.0 Å². The van der Waals surface area contributed by atoms with Crippen LogP contribution in [-0.2, 0) is 11.8 Å². The third-order valence-corrected chi connectivity index (χ3v) is 3.23. The molecular weight excluding hydrogens is 240 g/mol. The molecule has 0 radical (unpaired) electrons. The Bertz CT molecular complexity index is 666. The van der Waals surface area contributed by atoms with Crippen molar-refractivity contribution < 1.29 is 4.74 Å². The van der Waals surface area contributed by atoms with E-state index >= 15 is 0 Å². The number of ether oxygens (including phenoxy) is 1. The van der Waals surface area contributed by atoms with Gasteiger partial charge in [0.05, 0.1) is 7.11 Å². The van der Waals surface area contributed by atoms with Crippen molar-refractivity contribution in [3.8, 4) is 5.75 Å². The molecule has 0 aromatic carbocycles. The van der Waals surface area contributed by atoms with Gasteiger partial charge in [0.2, 0.25) is 0 Å². The Morgan fingerprint density at radius 2 is 2.00 bits per heavy atom. The Balaban J connectivity index is 2.85. The quantitative estimate of drug-likeness (QED) is 0.833. The van der Waals surface area contributed by atoms with Gasteiger partial charge in [0.1, 0.15) is 0 Å². The summed E-state index contributed by atoms with van der Waals surface area (Å²) in [5.41, 5.74) is 2.30. The Hall–Kier alpha value is -1.84. The largest absolute Gasteiger partial charge is 0.493 e. The summed E-state index contributed by atoms with van der Waals surface area (Å²) in [4.78, 5) is 16.7. The molecule has 0 unspecified atom stereocenters. The smallest absolute Gasteiger partial charge is 0.258 e. The predicted octanol–water partition coefficient (Wildman–Crippen LogP) is 2.56. The summed E-state index contributed by atoms with van der Waals surface area (Å²) >= 11 is 0. The van der Waals surface area contributed by atoms with Crippen LogP contribution in [0.3, 0.4) is 0 Å². The van der Waals surface area contributed by atoms with Crippen LogP contribution < -0.4 is 10.3 Å². The van der Waals surface area contributed by atoms with Crippen LogP contribution >= 0.6 is 0 Å². The van der Waals surface area contributed by atoms with E-state index < -0.39 is 0 Å². The highest BCUT2D eigenvalue weighted by molar-refractivity contribution is 5.55. The van der Waals surface area contributed by atoms with Gasteiger partial charge in [0.25, 0.3) is 5.56 Å². The van der Waals surface area contributed by atoms with E-state index in [0.29, 0.717) is 11.4 Å². The Kier molecular flexibility index (Phi) is 3.35. The van der Waals surface area contributed by atoms with Gasteiger partial charge in [-0.15, -0.1) is 0 Å². The van der Waals surface area contributed by atoms with E-state index in [0.717, 1.165) is 17.7 Å². The topological polar surface area (TPSA) is 43.6 Å². The minimum absolute atomic E-state index is 0.0513. The highest BCUT2D eigenvalue weighted by Gasteiger charge is 2.18. The molecule has 2 aromatic rings. The number of hydrogen-bond donors (Lipinski definition) is 0. The minimum Gasteiger partial charge on any atom is -0.493 e. The Labute approximate surface area is 113 Å². The third-order valence-electron chi connectivity index (χ3n) is 3.23. The van der Waals surface area contributed by atoms with Crippen molar-refractivity contribution >= 4 is 5.65 Å². The van der Waals surface area contributed by atoms with Gasteiger partial charge in [-0.2, -0.15) is 0 Å². The second-order valence-electron chi connectivity index (χ2n) is 5.68. The number of rotatable bonds is 2. The third kappa shape index (κ3) is 2.48. The van der Waals surface area contributed by atoms with Gasteiger partial charge >= 0.3 is 0 Å². The molecule has 0 aliphatic heterocycles. The van der Waals surface area contributed by atoms with Crippen molar-refractivity contribution in [1.29, 1.82) is 0 Å². The predicted molar refractivity (Wildman–Crippen MR) is 76.1 cm³/mol. The van der Waals surface area contributed by atoms with Gasteiger partial charge in [0, 0.05) is 18.0 Å². The van der Waals surface area contributed by atoms with Gasteiger partial charge in [-0.3, -0.25) is 9.20 Å². The van der Waals surface area contributed by atoms with Crippen molar-refractivity contribution in [2.45, 2.75) is 39.5 Å². The molecule has 102 valence electrons. The van der Waals surface area contributed by atoms with Crippen LogP contribution in [0.25, 0.3) is 5.65 Å². The zero-order chi connectivity index (χ0) is 14.2. The fourth-order valence-electron chi connectivity index (χ4n) is 1.96. The van der Waals surface area contributed by atoms with Crippen molar-refractivity contribution in [1.82, 2.24) is 9.38 Å². The molecule has 0 atom stereocenters. The maximum absolute atomic E-state index is 12.2. The maximum atomic E-state index is 12.2. The summed E-state index contributed by atoms with van der Waals surface area (Å²) < 4.78 is 6.96. The highest BCUT2D eigenvalue weighted by Crippen LogP contribution is 2.27. The summed E-state index contributed by atoms with van der Waals surface area (Å²) in [6, 6.07) is 3.54. The summed E-state index contributed by atoms with van der Waals surface area (Å²) in [7, 11) is 1.60. The van der Waals surface area contributed by atoms with Crippen molar-refractivity contribution in [3.63, 3.8) is 0 Å².